The van der Waals surface area contributed by atoms with Crippen molar-refractivity contribution < 1.29 is 4.39 Å². The lowest BCUT2D eigenvalue weighted by Crippen LogP contribution is -1.89. The van der Waals surface area contributed by atoms with E-state index in [-0.39, 0.29) is 11.7 Å². The second kappa shape index (κ2) is 3.16. The minimum absolute atomic E-state index is 0.231. The van der Waals surface area contributed by atoms with Crippen LogP contribution in [0.3, 0.4) is 0 Å². The molecular formula is C9H8FN. The van der Waals surface area contributed by atoms with Crippen molar-refractivity contribution in [2.75, 3.05) is 0 Å². The van der Waals surface area contributed by atoms with Gasteiger partial charge in [-0.1, -0.05) is 12.1 Å². The average molecular weight is 149 g/mol. The monoisotopic (exact) mass is 149 g/mol. The van der Waals surface area contributed by atoms with Crippen LogP contribution in [0.1, 0.15) is 18.4 Å². The molecule has 56 valence electrons. The highest BCUT2D eigenvalue weighted by molar-refractivity contribution is 5.24. The first-order valence-electron chi connectivity index (χ1n) is 3.39. The lowest BCUT2D eigenvalue weighted by molar-refractivity contribution is 0.625. The Labute approximate surface area is 65.1 Å². The molecule has 11 heavy (non-hydrogen) atoms. The summed E-state index contributed by atoms with van der Waals surface area (Å²) in [7, 11) is 0. The summed E-state index contributed by atoms with van der Waals surface area (Å²) >= 11 is 0. The summed E-state index contributed by atoms with van der Waals surface area (Å²) in [6, 6.07) is 8.15. The second-order valence-electron chi connectivity index (χ2n) is 2.41. The van der Waals surface area contributed by atoms with Gasteiger partial charge in [-0.05, 0) is 24.6 Å². The predicted molar refractivity (Wildman–Crippen MR) is 40.4 cm³/mol. The molecule has 0 radical (unpaired) electrons. The molecule has 0 unspecified atom stereocenters. The van der Waals surface area contributed by atoms with E-state index in [4.69, 9.17) is 5.26 Å². The Morgan fingerprint density at radius 1 is 1.55 bits per heavy atom. The van der Waals surface area contributed by atoms with Crippen LogP contribution < -0.4 is 0 Å². The van der Waals surface area contributed by atoms with Crippen LogP contribution in [0.2, 0.25) is 0 Å². The van der Waals surface area contributed by atoms with Gasteiger partial charge in [0.1, 0.15) is 5.82 Å². The Bertz CT molecular complexity index is 288. The molecule has 0 N–H and O–H groups in total. The third-order valence-electron chi connectivity index (χ3n) is 1.54. The first-order valence-corrected chi connectivity index (χ1v) is 3.39. The molecule has 0 saturated carbocycles. The Balaban J connectivity index is 2.98. The van der Waals surface area contributed by atoms with E-state index in [2.05, 4.69) is 0 Å². The molecule has 1 aromatic rings. The zero-order chi connectivity index (χ0) is 8.27. The molecule has 0 amide bonds. The number of nitriles is 1. The highest BCUT2D eigenvalue weighted by Gasteiger charge is 2.02. The van der Waals surface area contributed by atoms with Gasteiger partial charge < -0.3 is 0 Å². The normalized spacial score (nSPS) is 12.1. The average Bonchev–Trinajstić information content (AvgIpc) is 2.03. The van der Waals surface area contributed by atoms with Gasteiger partial charge in [0.15, 0.2) is 0 Å². The maximum atomic E-state index is 12.6. The van der Waals surface area contributed by atoms with Gasteiger partial charge in [0.2, 0.25) is 0 Å². The molecule has 0 aliphatic carbocycles. The summed E-state index contributed by atoms with van der Waals surface area (Å²) in [5.41, 5.74) is 0.729. The fourth-order valence-electron chi connectivity index (χ4n) is 0.850. The molecule has 2 heteroatoms. The van der Waals surface area contributed by atoms with E-state index >= 15 is 0 Å². The third kappa shape index (κ3) is 1.78. The number of benzene rings is 1. The van der Waals surface area contributed by atoms with E-state index in [9.17, 15) is 4.39 Å². The van der Waals surface area contributed by atoms with E-state index in [1.165, 1.54) is 12.1 Å². The minimum Gasteiger partial charge on any atom is -0.207 e. The zero-order valence-electron chi connectivity index (χ0n) is 6.21. The Hall–Kier alpha value is -1.36. The first kappa shape index (κ1) is 7.74. The SMILES string of the molecule is C[C@H](C#N)c1cccc(F)c1. The zero-order valence-corrected chi connectivity index (χ0v) is 6.21. The van der Waals surface area contributed by atoms with Crippen LogP contribution in [-0.2, 0) is 0 Å². The number of halogens is 1. The standard InChI is InChI=1S/C9H8FN/c1-7(6-11)8-3-2-4-9(10)5-8/h2-5,7H,1H3/t7-/m1/s1. The molecule has 0 bridgehead atoms. The quantitative estimate of drug-likeness (QED) is 0.601. The van der Waals surface area contributed by atoms with Crippen molar-refractivity contribution in [1.82, 2.24) is 0 Å². The molecule has 0 saturated heterocycles. The number of hydrogen-bond donors (Lipinski definition) is 0. The van der Waals surface area contributed by atoms with Gasteiger partial charge in [-0.15, -0.1) is 0 Å². The van der Waals surface area contributed by atoms with Gasteiger partial charge in [-0.25, -0.2) is 4.39 Å². The summed E-state index contributed by atoms with van der Waals surface area (Å²) in [6.45, 7) is 1.74. The van der Waals surface area contributed by atoms with E-state index in [1.807, 2.05) is 6.07 Å². The van der Waals surface area contributed by atoms with E-state index in [1.54, 1.807) is 19.1 Å². The van der Waals surface area contributed by atoms with Gasteiger partial charge >= 0.3 is 0 Å². The van der Waals surface area contributed by atoms with Crippen LogP contribution in [0.4, 0.5) is 4.39 Å². The van der Waals surface area contributed by atoms with Crippen molar-refractivity contribution in [2.45, 2.75) is 12.8 Å². The second-order valence-corrected chi connectivity index (χ2v) is 2.41. The molecule has 0 heterocycles. The molecule has 1 atom stereocenters. The molecule has 0 spiro atoms. The molecule has 1 rings (SSSR count). The highest BCUT2D eigenvalue weighted by Crippen LogP contribution is 2.14. The smallest absolute Gasteiger partial charge is 0.123 e. The van der Waals surface area contributed by atoms with E-state index in [0.29, 0.717) is 0 Å². The summed E-state index contributed by atoms with van der Waals surface area (Å²) in [6.07, 6.45) is 0. The van der Waals surface area contributed by atoms with Gasteiger partial charge in [0.05, 0.1) is 12.0 Å². The Morgan fingerprint density at radius 2 is 2.27 bits per heavy atom. The van der Waals surface area contributed by atoms with Crippen LogP contribution in [0.15, 0.2) is 24.3 Å². The number of nitrogens with zero attached hydrogens (tertiary/aromatic N) is 1. The summed E-state index contributed by atoms with van der Waals surface area (Å²) in [5, 5.41) is 8.51. The van der Waals surface area contributed by atoms with Crippen molar-refractivity contribution >= 4 is 0 Å². The summed E-state index contributed by atoms with van der Waals surface area (Å²) in [5.74, 6) is -0.518. The maximum absolute atomic E-state index is 12.6. The third-order valence-corrected chi connectivity index (χ3v) is 1.54. The van der Waals surface area contributed by atoms with Crippen LogP contribution in [0.25, 0.3) is 0 Å². The van der Waals surface area contributed by atoms with Gasteiger partial charge in [0, 0.05) is 0 Å². The van der Waals surface area contributed by atoms with Crippen molar-refractivity contribution in [1.29, 1.82) is 5.26 Å². The molecule has 0 aliphatic heterocycles. The minimum atomic E-state index is -0.287. The highest BCUT2D eigenvalue weighted by atomic mass is 19.1. The fraction of sp³-hybridized carbons (Fsp3) is 0.222. The molecule has 0 fully saturated rings. The summed E-state index contributed by atoms with van der Waals surface area (Å²) < 4.78 is 12.6. The largest absolute Gasteiger partial charge is 0.207 e. The molecule has 1 aromatic carbocycles. The van der Waals surface area contributed by atoms with Gasteiger partial charge in [-0.2, -0.15) is 5.26 Å². The van der Waals surface area contributed by atoms with Crippen LogP contribution in [0.5, 0.6) is 0 Å². The summed E-state index contributed by atoms with van der Waals surface area (Å²) in [4.78, 5) is 0. The lowest BCUT2D eigenvalue weighted by atomic mass is 10.0. The Morgan fingerprint density at radius 3 is 2.82 bits per heavy atom. The van der Waals surface area contributed by atoms with Crippen molar-refractivity contribution in [3.8, 4) is 6.07 Å². The van der Waals surface area contributed by atoms with Gasteiger partial charge in [-0.3, -0.25) is 0 Å². The van der Waals surface area contributed by atoms with E-state index < -0.39 is 0 Å². The van der Waals surface area contributed by atoms with E-state index in [0.717, 1.165) is 5.56 Å². The van der Waals surface area contributed by atoms with Crippen molar-refractivity contribution in [3.05, 3.63) is 35.6 Å². The van der Waals surface area contributed by atoms with Crippen LogP contribution in [0, 0.1) is 17.1 Å². The molecule has 0 aliphatic rings. The number of rotatable bonds is 1. The fourth-order valence-corrected chi connectivity index (χ4v) is 0.850. The molecule has 1 nitrogen and oxygen atoms in total. The van der Waals surface area contributed by atoms with Crippen LogP contribution in [-0.4, -0.2) is 0 Å². The predicted octanol–water partition coefficient (Wildman–Crippen LogP) is 2.45. The number of hydrogen-bond acceptors (Lipinski definition) is 1. The van der Waals surface area contributed by atoms with Crippen molar-refractivity contribution in [2.24, 2.45) is 0 Å². The topological polar surface area (TPSA) is 23.8 Å². The van der Waals surface area contributed by atoms with Crippen molar-refractivity contribution in [3.63, 3.8) is 0 Å². The maximum Gasteiger partial charge on any atom is 0.123 e. The molecule has 0 aromatic heterocycles. The Kier molecular flexibility index (Phi) is 2.22. The first-order chi connectivity index (χ1) is 5.24. The lowest BCUT2D eigenvalue weighted by Gasteiger charge is -2.00. The molecular weight excluding hydrogens is 141 g/mol. The van der Waals surface area contributed by atoms with Gasteiger partial charge in [0.25, 0.3) is 0 Å². The van der Waals surface area contributed by atoms with Crippen LogP contribution >= 0.6 is 0 Å².